The minimum atomic E-state index is -1.08. The van der Waals surface area contributed by atoms with E-state index in [4.69, 9.17) is 0 Å². The molecule has 1 aromatic carbocycles. The third kappa shape index (κ3) is 5.01. The highest BCUT2D eigenvalue weighted by Gasteiger charge is 2.40. The monoisotopic (exact) mass is 373 g/mol. The molecule has 4 amide bonds. The lowest BCUT2D eigenvalue weighted by atomic mass is 10.0. The fourth-order valence-corrected chi connectivity index (χ4v) is 3.03. The summed E-state index contributed by atoms with van der Waals surface area (Å²) in [6.07, 6.45) is 2.26. The van der Waals surface area contributed by atoms with Gasteiger partial charge < -0.3 is 4.90 Å². The Balaban J connectivity index is 2.07. The van der Waals surface area contributed by atoms with Crippen LogP contribution in [0.25, 0.3) is 0 Å². The summed E-state index contributed by atoms with van der Waals surface area (Å²) in [5, 5.41) is 2.25. The van der Waals surface area contributed by atoms with Gasteiger partial charge in [-0.05, 0) is 51.0 Å². The fraction of sp³-hybridized carbons (Fsp3) is 0.500. The number of imide groups is 2. The highest BCUT2D eigenvalue weighted by atomic mass is 16.2. The topological polar surface area (TPSA) is 83.3 Å². The quantitative estimate of drug-likeness (QED) is 0.403. The van der Waals surface area contributed by atoms with Gasteiger partial charge in [-0.15, -0.1) is 0 Å². The number of carbonyl (C=O) groups excluding carboxylic acids is 3. The van der Waals surface area contributed by atoms with Crippen LogP contribution >= 0.6 is 0 Å². The normalized spacial score (nSPS) is 17.9. The summed E-state index contributed by atoms with van der Waals surface area (Å²) in [6, 6.07) is 4.60. The third-order valence-electron chi connectivity index (χ3n) is 5.02. The molecule has 0 bridgehead atoms. The second-order valence-electron chi connectivity index (χ2n) is 6.83. The summed E-state index contributed by atoms with van der Waals surface area (Å²) in [5.41, 5.74) is 2.49. The average Bonchev–Trinajstić information content (AvgIpc) is 2.63. The maximum absolute atomic E-state index is 12.8. The zero-order chi connectivity index (χ0) is 20.0. The molecule has 0 spiro atoms. The van der Waals surface area contributed by atoms with Crippen molar-refractivity contribution in [3.05, 3.63) is 29.3 Å². The number of carbonyl (C=O) groups is 3. The molecule has 1 saturated heterocycles. The van der Waals surface area contributed by atoms with Gasteiger partial charge in [0.1, 0.15) is 0 Å². The van der Waals surface area contributed by atoms with E-state index in [9.17, 15) is 14.4 Å². The first-order chi connectivity index (χ1) is 12.9. The molecule has 7 heteroatoms. The number of aryl methyl sites for hydroxylation is 2. The van der Waals surface area contributed by atoms with E-state index in [1.807, 2.05) is 19.9 Å². The second kappa shape index (κ2) is 9.41. The van der Waals surface area contributed by atoms with Gasteiger partial charge in [0.2, 0.25) is 5.91 Å². The van der Waals surface area contributed by atoms with Crippen molar-refractivity contribution in [1.82, 2.24) is 5.32 Å². The molecule has 1 aliphatic rings. The molecule has 7 nitrogen and oxygen atoms in total. The number of nitrogens with one attached hydrogen (secondary N) is 2. The molecule has 2 rings (SSSR count). The van der Waals surface area contributed by atoms with E-state index >= 15 is 0 Å². The molecule has 0 aliphatic carbocycles. The lowest BCUT2D eigenvalue weighted by Crippen LogP contribution is -3.11. The maximum Gasteiger partial charge on any atom is 0.335 e. The van der Waals surface area contributed by atoms with Gasteiger partial charge in [-0.3, -0.25) is 19.9 Å². The summed E-state index contributed by atoms with van der Waals surface area (Å²) in [5.74, 6) is -2.27. The zero-order valence-electron chi connectivity index (χ0n) is 16.5. The van der Waals surface area contributed by atoms with Crippen LogP contribution in [0.2, 0.25) is 0 Å². The lowest BCUT2D eigenvalue weighted by molar-refractivity contribution is -0.896. The van der Waals surface area contributed by atoms with Crippen LogP contribution in [0.5, 0.6) is 0 Å². The minimum absolute atomic E-state index is 0.455. The van der Waals surface area contributed by atoms with Crippen LogP contribution in [0, 0.1) is 19.8 Å². The molecule has 1 aromatic rings. The molecule has 27 heavy (non-hydrogen) atoms. The van der Waals surface area contributed by atoms with Gasteiger partial charge in [-0.1, -0.05) is 6.07 Å². The first kappa shape index (κ1) is 20.8. The number of benzene rings is 1. The molecular formula is C20H29N4O3+. The summed E-state index contributed by atoms with van der Waals surface area (Å²) >= 11 is 0. The van der Waals surface area contributed by atoms with E-state index in [2.05, 4.69) is 24.2 Å². The molecule has 146 valence electrons. The molecule has 0 aromatic heterocycles. The highest BCUT2D eigenvalue weighted by molar-refractivity contribution is 6.32. The van der Waals surface area contributed by atoms with Crippen molar-refractivity contribution in [3.63, 3.8) is 0 Å². The number of urea groups is 1. The largest absolute Gasteiger partial charge is 0.335 e. The van der Waals surface area contributed by atoms with Gasteiger partial charge in [0.05, 0.1) is 25.3 Å². The molecule has 1 heterocycles. The van der Waals surface area contributed by atoms with Crippen molar-refractivity contribution in [1.29, 1.82) is 0 Å². The number of hydrogen-bond acceptors (Lipinski definition) is 4. The summed E-state index contributed by atoms with van der Waals surface area (Å²) in [6.45, 7) is 11.8. The maximum atomic E-state index is 12.8. The van der Waals surface area contributed by atoms with Gasteiger partial charge in [-0.25, -0.2) is 9.69 Å². The highest BCUT2D eigenvalue weighted by Crippen LogP contribution is 2.22. The molecule has 2 N–H and O–H groups in total. The van der Waals surface area contributed by atoms with Gasteiger partial charge in [0.25, 0.3) is 5.91 Å². The Morgan fingerprint density at radius 2 is 1.85 bits per heavy atom. The van der Waals surface area contributed by atoms with E-state index in [0.717, 1.165) is 42.1 Å². The van der Waals surface area contributed by atoms with E-state index in [-0.39, 0.29) is 0 Å². The van der Waals surface area contributed by atoms with Crippen molar-refractivity contribution < 1.29 is 19.3 Å². The number of amides is 4. The number of quaternary nitrogens is 1. The number of rotatable bonds is 8. The van der Waals surface area contributed by atoms with E-state index in [1.165, 1.54) is 11.1 Å². The molecule has 1 atom stereocenters. The van der Waals surface area contributed by atoms with E-state index in [0.29, 0.717) is 12.2 Å². The number of anilines is 1. The fourth-order valence-electron chi connectivity index (χ4n) is 3.03. The Labute approximate surface area is 160 Å². The molecular weight excluding hydrogens is 344 g/mol. The Kier molecular flexibility index (Phi) is 7.24. The van der Waals surface area contributed by atoms with Gasteiger partial charge >= 0.3 is 6.03 Å². The van der Waals surface area contributed by atoms with Crippen LogP contribution in [0.4, 0.5) is 10.5 Å². The molecule has 1 aliphatic heterocycles. The Morgan fingerprint density at radius 1 is 1.15 bits per heavy atom. The first-order valence-electron chi connectivity index (χ1n) is 9.48. The number of aliphatic imine (C=N–C) groups is 1. The lowest BCUT2D eigenvalue weighted by Gasteiger charge is -2.28. The standard InChI is InChI=1S/C20H28N4O3/c1-5-23(6-2)11-7-10-21-13-17-18(25)22-20(27)24(19(17)26)16-9-8-14(3)15(4)12-16/h8-9,12-13,17H,5-7,10-11H2,1-4H3,(H,22,25,27)/p+1. The third-order valence-corrected chi connectivity index (χ3v) is 5.02. The summed E-state index contributed by atoms with van der Waals surface area (Å²) < 4.78 is 0. The van der Waals surface area contributed by atoms with Crippen molar-refractivity contribution in [2.75, 3.05) is 31.1 Å². The smallest absolute Gasteiger partial charge is 0.335 e. The minimum Gasteiger partial charge on any atom is -0.335 e. The average molecular weight is 373 g/mol. The first-order valence-corrected chi connectivity index (χ1v) is 9.48. The van der Waals surface area contributed by atoms with Crippen LogP contribution in [0.3, 0.4) is 0 Å². The number of hydrogen-bond donors (Lipinski definition) is 2. The Hall–Kier alpha value is -2.54. The van der Waals surface area contributed by atoms with Crippen molar-refractivity contribution in [2.45, 2.75) is 34.1 Å². The summed E-state index contributed by atoms with van der Waals surface area (Å²) in [7, 11) is 0. The Bertz CT molecular complexity index is 741. The van der Waals surface area contributed by atoms with Crippen molar-refractivity contribution >= 4 is 29.7 Å². The molecule has 1 unspecified atom stereocenters. The predicted molar refractivity (Wildman–Crippen MR) is 105 cm³/mol. The second-order valence-corrected chi connectivity index (χ2v) is 6.83. The van der Waals surface area contributed by atoms with Crippen LogP contribution < -0.4 is 15.1 Å². The zero-order valence-corrected chi connectivity index (χ0v) is 16.5. The molecule has 1 fully saturated rings. The van der Waals surface area contributed by atoms with Gasteiger partial charge in [0, 0.05) is 19.2 Å². The van der Waals surface area contributed by atoms with Crippen LogP contribution in [-0.4, -0.2) is 50.2 Å². The Morgan fingerprint density at radius 3 is 2.48 bits per heavy atom. The predicted octanol–water partition coefficient (Wildman–Crippen LogP) is 0.888. The number of barbiturate groups is 1. The summed E-state index contributed by atoms with van der Waals surface area (Å²) in [4.78, 5) is 43.8. The number of nitrogens with zero attached hydrogens (tertiary/aromatic N) is 2. The van der Waals surface area contributed by atoms with Crippen molar-refractivity contribution in [2.24, 2.45) is 10.9 Å². The SMILES string of the molecule is CC[NH+](CC)CCCN=CC1C(=O)NC(=O)N(c2ccc(C)c(C)c2)C1=O. The van der Waals surface area contributed by atoms with E-state index < -0.39 is 23.8 Å². The van der Waals surface area contributed by atoms with Gasteiger partial charge in [0.15, 0.2) is 5.92 Å². The van der Waals surface area contributed by atoms with Crippen LogP contribution in [-0.2, 0) is 9.59 Å². The van der Waals surface area contributed by atoms with Gasteiger partial charge in [-0.2, -0.15) is 0 Å². The van der Waals surface area contributed by atoms with Crippen LogP contribution in [0.15, 0.2) is 23.2 Å². The molecule has 0 radical (unpaired) electrons. The van der Waals surface area contributed by atoms with E-state index in [1.54, 1.807) is 12.1 Å². The molecule has 0 saturated carbocycles. The van der Waals surface area contributed by atoms with Crippen molar-refractivity contribution in [3.8, 4) is 0 Å². The van der Waals surface area contributed by atoms with Crippen LogP contribution in [0.1, 0.15) is 31.4 Å².